The van der Waals surface area contributed by atoms with Crippen molar-refractivity contribution >= 4 is 23.7 Å². The highest BCUT2D eigenvalue weighted by Crippen LogP contribution is 2.15. The summed E-state index contributed by atoms with van der Waals surface area (Å²) < 4.78 is 18.9. The number of benzene rings is 3. The molecule has 0 aliphatic rings. The van der Waals surface area contributed by atoms with E-state index in [0.29, 0.717) is 22.6 Å². The molecule has 2 N–H and O–H groups in total. The van der Waals surface area contributed by atoms with Gasteiger partial charge in [0.2, 0.25) is 0 Å². The van der Waals surface area contributed by atoms with Crippen LogP contribution in [0.4, 0.5) is 10.1 Å². The number of hydrogen-bond acceptors (Lipinski definition) is 4. The molecule has 31 heavy (non-hydrogen) atoms. The van der Waals surface area contributed by atoms with Crippen molar-refractivity contribution in [2.45, 2.75) is 20.0 Å². The first kappa shape index (κ1) is 21.7. The maximum atomic E-state index is 13.2. The fraction of sp³-hybridized carbons (Fsp3) is 0.125. The Kier molecular flexibility index (Phi) is 7.48. The summed E-state index contributed by atoms with van der Waals surface area (Å²) in [5.74, 6) is -1.45. The highest BCUT2D eigenvalue weighted by atomic mass is 19.1. The molecule has 0 aliphatic heterocycles. The lowest BCUT2D eigenvalue weighted by Gasteiger charge is -2.07. The summed E-state index contributed by atoms with van der Waals surface area (Å²) in [6.45, 7) is 2.25. The van der Waals surface area contributed by atoms with Gasteiger partial charge in [0.25, 0.3) is 0 Å². The fourth-order valence-electron chi connectivity index (χ4n) is 2.71. The number of hydrogen-bond donors (Lipinski definition) is 2. The Bertz CT molecular complexity index is 1080. The quantitative estimate of drug-likeness (QED) is 0.344. The zero-order valence-corrected chi connectivity index (χ0v) is 17.0. The van der Waals surface area contributed by atoms with E-state index in [0.717, 1.165) is 12.0 Å². The number of carbonyl (C=O) groups excluding carboxylic acids is 2. The van der Waals surface area contributed by atoms with Gasteiger partial charge in [-0.1, -0.05) is 43.3 Å². The molecule has 158 valence electrons. The fourth-order valence-corrected chi connectivity index (χ4v) is 2.71. The van der Waals surface area contributed by atoms with Crippen LogP contribution in [0.2, 0.25) is 0 Å². The van der Waals surface area contributed by atoms with Crippen LogP contribution in [0, 0.1) is 5.82 Å². The summed E-state index contributed by atoms with van der Waals surface area (Å²) in [6.07, 6.45) is 2.29. The van der Waals surface area contributed by atoms with E-state index in [-0.39, 0.29) is 12.4 Å². The topological polar surface area (TPSA) is 79.8 Å². The Morgan fingerprint density at radius 3 is 2.48 bits per heavy atom. The monoisotopic (exact) mass is 419 g/mol. The van der Waals surface area contributed by atoms with E-state index in [1.54, 1.807) is 48.5 Å². The van der Waals surface area contributed by atoms with E-state index in [4.69, 9.17) is 4.74 Å². The molecule has 2 amide bonds. The van der Waals surface area contributed by atoms with Gasteiger partial charge < -0.3 is 10.1 Å². The summed E-state index contributed by atoms with van der Waals surface area (Å²) in [6, 6.07) is 20.4. The number of nitrogens with one attached hydrogen (secondary N) is 2. The maximum Gasteiger partial charge on any atom is 0.329 e. The van der Waals surface area contributed by atoms with Gasteiger partial charge in [0, 0.05) is 5.69 Å². The van der Waals surface area contributed by atoms with Crippen LogP contribution < -0.4 is 15.5 Å². The molecular formula is C24H22FN3O3. The zero-order chi connectivity index (χ0) is 22.1. The SMILES string of the molecule is CCc1ccc(NC(=O)C(=O)N/N=C\c2cccc(OCc3cccc(F)c3)c2)cc1. The van der Waals surface area contributed by atoms with E-state index in [1.165, 1.54) is 18.3 Å². The molecule has 0 atom stereocenters. The Morgan fingerprint density at radius 1 is 0.968 bits per heavy atom. The average Bonchev–Trinajstić information content (AvgIpc) is 2.78. The van der Waals surface area contributed by atoms with Crippen molar-refractivity contribution < 1.29 is 18.7 Å². The molecule has 0 spiro atoms. The molecule has 0 aromatic heterocycles. The highest BCUT2D eigenvalue weighted by Gasteiger charge is 2.12. The van der Waals surface area contributed by atoms with Gasteiger partial charge in [-0.3, -0.25) is 9.59 Å². The minimum atomic E-state index is -0.880. The van der Waals surface area contributed by atoms with Crippen LogP contribution in [-0.4, -0.2) is 18.0 Å². The number of halogens is 1. The van der Waals surface area contributed by atoms with E-state index in [9.17, 15) is 14.0 Å². The van der Waals surface area contributed by atoms with Crippen LogP contribution in [0.5, 0.6) is 5.75 Å². The predicted molar refractivity (Wildman–Crippen MR) is 117 cm³/mol. The third kappa shape index (κ3) is 6.78. The van der Waals surface area contributed by atoms with Crippen molar-refractivity contribution in [2.75, 3.05) is 5.32 Å². The van der Waals surface area contributed by atoms with Crippen molar-refractivity contribution in [1.29, 1.82) is 0 Å². The molecule has 0 saturated carbocycles. The smallest absolute Gasteiger partial charge is 0.329 e. The first-order valence-corrected chi connectivity index (χ1v) is 9.74. The third-order valence-corrected chi connectivity index (χ3v) is 4.36. The summed E-state index contributed by atoms with van der Waals surface area (Å²) >= 11 is 0. The van der Waals surface area contributed by atoms with Gasteiger partial charge in [-0.25, -0.2) is 9.82 Å². The van der Waals surface area contributed by atoms with Crippen molar-refractivity contribution in [1.82, 2.24) is 5.43 Å². The molecule has 0 unspecified atom stereocenters. The van der Waals surface area contributed by atoms with Gasteiger partial charge in [0.05, 0.1) is 6.21 Å². The van der Waals surface area contributed by atoms with E-state index < -0.39 is 11.8 Å². The van der Waals surface area contributed by atoms with E-state index in [2.05, 4.69) is 15.8 Å². The molecule has 0 saturated heterocycles. The maximum absolute atomic E-state index is 13.2. The summed E-state index contributed by atoms with van der Waals surface area (Å²) in [4.78, 5) is 23.9. The predicted octanol–water partition coefficient (Wildman–Crippen LogP) is 4.06. The molecule has 0 aliphatic carbocycles. The van der Waals surface area contributed by atoms with Crippen LogP contribution >= 0.6 is 0 Å². The van der Waals surface area contributed by atoms with Gasteiger partial charge in [-0.2, -0.15) is 5.10 Å². The number of amides is 2. The Morgan fingerprint density at radius 2 is 1.74 bits per heavy atom. The number of rotatable bonds is 7. The van der Waals surface area contributed by atoms with Gasteiger partial charge in [0.1, 0.15) is 18.2 Å². The second-order valence-corrected chi connectivity index (χ2v) is 6.69. The molecule has 0 heterocycles. The van der Waals surface area contributed by atoms with Crippen molar-refractivity contribution in [3.8, 4) is 5.75 Å². The summed E-state index contributed by atoms with van der Waals surface area (Å²) in [5.41, 5.74) is 5.23. The van der Waals surface area contributed by atoms with Gasteiger partial charge in [-0.05, 0) is 59.5 Å². The number of ether oxygens (including phenoxy) is 1. The molecular weight excluding hydrogens is 397 g/mol. The summed E-state index contributed by atoms with van der Waals surface area (Å²) in [5, 5.41) is 6.33. The van der Waals surface area contributed by atoms with Crippen LogP contribution in [0.1, 0.15) is 23.6 Å². The number of carbonyl (C=O) groups is 2. The molecule has 3 rings (SSSR count). The van der Waals surface area contributed by atoms with Crippen LogP contribution in [-0.2, 0) is 22.6 Å². The number of anilines is 1. The molecule has 3 aromatic carbocycles. The lowest BCUT2D eigenvalue weighted by Crippen LogP contribution is -2.32. The largest absolute Gasteiger partial charge is 0.489 e. The molecule has 0 bridgehead atoms. The lowest BCUT2D eigenvalue weighted by molar-refractivity contribution is -0.136. The van der Waals surface area contributed by atoms with Gasteiger partial charge >= 0.3 is 11.8 Å². The molecule has 0 radical (unpaired) electrons. The standard InChI is InChI=1S/C24H22FN3O3/c1-2-17-9-11-21(12-10-17)27-23(29)24(30)28-26-15-18-5-4-8-22(14-18)31-16-19-6-3-7-20(25)13-19/h3-15H,2,16H2,1H3,(H,27,29)(H,28,30)/b26-15-. The second kappa shape index (κ2) is 10.7. The molecule has 7 heteroatoms. The normalized spacial score (nSPS) is 10.6. The lowest BCUT2D eigenvalue weighted by atomic mass is 10.1. The second-order valence-electron chi connectivity index (χ2n) is 6.69. The van der Waals surface area contributed by atoms with Crippen LogP contribution in [0.15, 0.2) is 77.9 Å². The van der Waals surface area contributed by atoms with E-state index in [1.807, 2.05) is 19.1 Å². The van der Waals surface area contributed by atoms with Crippen LogP contribution in [0.3, 0.4) is 0 Å². The first-order valence-electron chi connectivity index (χ1n) is 9.74. The van der Waals surface area contributed by atoms with Gasteiger partial charge in [0.15, 0.2) is 0 Å². The van der Waals surface area contributed by atoms with Gasteiger partial charge in [-0.15, -0.1) is 0 Å². The summed E-state index contributed by atoms with van der Waals surface area (Å²) in [7, 11) is 0. The Hall–Kier alpha value is -4.00. The zero-order valence-electron chi connectivity index (χ0n) is 17.0. The number of aryl methyl sites for hydroxylation is 1. The minimum absolute atomic E-state index is 0.217. The Balaban J connectivity index is 1.50. The average molecular weight is 419 g/mol. The highest BCUT2D eigenvalue weighted by molar-refractivity contribution is 6.39. The van der Waals surface area contributed by atoms with E-state index >= 15 is 0 Å². The van der Waals surface area contributed by atoms with Crippen molar-refractivity contribution in [3.63, 3.8) is 0 Å². The van der Waals surface area contributed by atoms with Crippen molar-refractivity contribution in [3.05, 3.63) is 95.3 Å². The number of hydrazone groups is 1. The number of nitrogens with zero attached hydrogens (tertiary/aromatic N) is 1. The Labute approximate surface area is 179 Å². The van der Waals surface area contributed by atoms with Crippen molar-refractivity contribution in [2.24, 2.45) is 5.10 Å². The van der Waals surface area contributed by atoms with Crippen LogP contribution in [0.25, 0.3) is 0 Å². The first-order chi connectivity index (χ1) is 15.0. The molecule has 6 nitrogen and oxygen atoms in total. The molecule has 0 fully saturated rings. The molecule has 3 aromatic rings. The third-order valence-electron chi connectivity index (χ3n) is 4.36. The minimum Gasteiger partial charge on any atom is -0.489 e.